The van der Waals surface area contributed by atoms with Crippen LogP contribution in [0.4, 0.5) is 0 Å². The Bertz CT molecular complexity index is 622. The van der Waals surface area contributed by atoms with Crippen molar-refractivity contribution in [1.29, 1.82) is 5.26 Å². The van der Waals surface area contributed by atoms with E-state index in [2.05, 4.69) is 6.07 Å². The fourth-order valence-corrected chi connectivity index (χ4v) is 2.15. The maximum absolute atomic E-state index is 11.5. The van der Waals surface area contributed by atoms with Gasteiger partial charge in [0.25, 0.3) is 0 Å². The zero-order valence-electron chi connectivity index (χ0n) is 9.21. The predicted molar refractivity (Wildman–Crippen MR) is 65.4 cm³/mol. The fourth-order valence-electron chi connectivity index (χ4n) is 1.56. The minimum atomic E-state index is -0.0191. The third kappa shape index (κ3) is 2.37. The molecule has 86 valence electrons. The second kappa shape index (κ2) is 4.85. The van der Waals surface area contributed by atoms with Crippen molar-refractivity contribution in [3.05, 3.63) is 50.6 Å². The van der Waals surface area contributed by atoms with Crippen molar-refractivity contribution >= 4 is 11.3 Å². The standard InChI is InChI=1S/C12H10N2O2S/c1-16-11-3-2-9(7-13)6-10(11)8-14-4-5-17-12(14)15/h2-6H,8H2,1H3. The number of thiazole rings is 1. The van der Waals surface area contributed by atoms with Gasteiger partial charge in [-0.05, 0) is 18.2 Å². The molecule has 0 N–H and O–H groups in total. The van der Waals surface area contributed by atoms with Gasteiger partial charge in [0.2, 0.25) is 0 Å². The first-order valence-corrected chi connectivity index (χ1v) is 5.83. The van der Waals surface area contributed by atoms with Gasteiger partial charge < -0.3 is 9.30 Å². The molecule has 5 heteroatoms. The van der Waals surface area contributed by atoms with Crippen LogP contribution >= 0.6 is 11.3 Å². The lowest BCUT2D eigenvalue weighted by atomic mass is 10.1. The zero-order chi connectivity index (χ0) is 12.3. The lowest BCUT2D eigenvalue weighted by molar-refractivity contribution is 0.408. The van der Waals surface area contributed by atoms with Crippen LogP contribution < -0.4 is 9.61 Å². The molecule has 0 radical (unpaired) electrons. The summed E-state index contributed by atoms with van der Waals surface area (Å²) in [6.07, 6.45) is 1.73. The van der Waals surface area contributed by atoms with Crippen LogP contribution in [0, 0.1) is 11.3 Å². The van der Waals surface area contributed by atoms with Gasteiger partial charge in [-0.15, -0.1) is 0 Å². The smallest absolute Gasteiger partial charge is 0.307 e. The number of aromatic nitrogens is 1. The van der Waals surface area contributed by atoms with E-state index >= 15 is 0 Å². The van der Waals surface area contributed by atoms with E-state index in [1.54, 1.807) is 41.5 Å². The molecule has 17 heavy (non-hydrogen) atoms. The summed E-state index contributed by atoms with van der Waals surface area (Å²) in [7, 11) is 1.57. The van der Waals surface area contributed by atoms with Gasteiger partial charge in [-0.2, -0.15) is 5.26 Å². The highest BCUT2D eigenvalue weighted by Crippen LogP contribution is 2.20. The van der Waals surface area contributed by atoms with Gasteiger partial charge in [0, 0.05) is 17.1 Å². The fraction of sp³-hybridized carbons (Fsp3) is 0.167. The van der Waals surface area contributed by atoms with Crippen molar-refractivity contribution in [1.82, 2.24) is 4.57 Å². The summed E-state index contributed by atoms with van der Waals surface area (Å²) >= 11 is 1.15. The van der Waals surface area contributed by atoms with Crippen LogP contribution in [0.2, 0.25) is 0 Å². The molecule has 0 unspecified atom stereocenters. The SMILES string of the molecule is COc1ccc(C#N)cc1Cn1ccsc1=O. The Labute approximate surface area is 102 Å². The van der Waals surface area contributed by atoms with Gasteiger partial charge >= 0.3 is 4.87 Å². The van der Waals surface area contributed by atoms with Gasteiger partial charge in [-0.1, -0.05) is 11.3 Å². The lowest BCUT2D eigenvalue weighted by Crippen LogP contribution is -2.13. The molecule has 4 nitrogen and oxygen atoms in total. The maximum Gasteiger partial charge on any atom is 0.307 e. The van der Waals surface area contributed by atoms with E-state index in [1.807, 2.05) is 0 Å². The number of methoxy groups -OCH3 is 1. The first-order valence-electron chi connectivity index (χ1n) is 4.95. The number of nitrogens with zero attached hydrogens (tertiary/aromatic N) is 2. The number of hydrogen-bond donors (Lipinski definition) is 0. The van der Waals surface area contributed by atoms with E-state index in [0.717, 1.165) is 16.9 Å². The Morgan fingerprint density at radius 1 is 1.53 bits per heavy atom. The average Bonchev–Trinajstić information content (AvgIpc) is 2.75. The molecule has 0 fully saturated rings. The minimum Gasteiger partial charge on any atom is -0.496 e. The number of rotatable bonds is 3. The molecular weight excluding hydrogens is 236 g/mol. The molecule has 1 aromatic carbocycles. The lowest BCUT2D eigenvalue weighted by Gasteiger charge is -2.08. The quantitative estimate of drug-likeness (QED) is 0.830. The number of ether oxygens (including phenoxy) is 1. The molecule has 2 rings (SSSR count). The van der Waals surface area contributed by atoms with Gasteiger partial charge in [0.05, 0.1) is 25.3 Å². The molecule has 1 aromatic heterocycles. The van der Waals surface area contributed by atoms with E-state index in [0.29, 0.717) is 17.9 Å². The third-order valence-corrected chi connectivity index (χ3v) is 3.09. The first-order chi connectivity index (χ1) is 8.24. The highest BCUT2D eigenvalue weighted by molar-refractivity contribution is 7.07. The molecule has 0 atom stereocenters. The summed E-state index contributed by atoms with van der Waals surface area (Å²) in [6, 6.07) is 7.25. The van der Waals surface area contributed by atoms with Crippen LogP contribution in [-0.4, -0.2) is 11.7 Å². The van der Waals surface area contributed by atoms with Crippen molar-refractivity contribution in [3.63, 3.8) is 0 Å². The second-order valence-electron chi connectivity index (χ2n) is 3.44. The number of hydrogen-bond acceptors (Lipinski definition) is 4. The van der Waals surface area contributed by atoms with E-state index in [-0.39, 0.29) is 4.87 Å². The van der Waals surface area contributed by atoms with Crippen molar-refractivity contribution < 1.29 is 4.74 Å². The maximum atomic E-state index is 11.5. The minimum absolute atomic E-state index is 0.0191. The molecule has 0 aliphatic heterocycles. The molecule has 0 spiro atoms. The Kier molecular flexibility index (Phi) is 3.26. The first kappa shape index (κ1) is 11.4. The van der Waals surface area contributed by atoms with E-state index < -0.39 is 0 Å². The van der Waals surface area contributed by atoms with Gasteiger partial charge in [0.15, 0.2) is 0 Å². The number of benzene rings is 1. The van der Waals surface area contributed by atoms with Crippen molar-refractivity contribution in [2.75, 3.05) is 7.11 Å². The molecule has 2 aromatic rings. The van der Waals surface area contributed by atoms with E-state index in [9.17, 15) is 4.79 Å². The number of nitriles is 1. The van der Waals surface area contributed by atoms with Crippen LogP contribution in [0.3, 0.4) is 0 Å². The van der Waals surface area contributed by atoms with E-state index in [4.69, 9.17) is 10.00 Å². The Morgan fingerprint density at radius 2 is 2.35 bits per heavy atom. The van der Waals surface area contributed by atoms with Crippen molar-refractivity contribution in [3.8, 4) is 11.8 Å². The van der Waals surface area contributed by atoms with Crippen LogP contribution in [0.15, 0.2) is 34.6 Å². The molecule has 0 saturated heterocycles. The van der Waals surface area contributed by atoms with Crippen LogP contribution in [-0.2, 0) is 6.54 Å². The molecule has 0 amide bonds. The second-order valence-corrected chi connectivity index (χ2v) is 4.29. The van der Waals surface area contributed by atoms with Crippen molar-refractivity contribution in [2.45, 2.75) is 6.54 Å². The monoisotopic (exact) mass is 246 g/mol. The summed E-state index contributed by atoms with van der Waals surface area (Å²) in [5.41, 5.74) is 1.39. The van der Waals surface area contributed by atoms with Gasteiger partial charge in [-0.25, -0.2) is 0 Å². The highest BCUT2D eigenvalue weighted by atomic mass is 32.1. The van der Waals surface area contributed by atoms with Crippen LogP contribution in [0.5, 0.6) is 5.75 Å². The molecule has 0 saturated carbocycles. The third-order valence-electron chi connectivity index (χ3n) is 2.39. The van der Waals surface area contributed by atoms with Gasteiger partial charge in [-0.3, -0.25) is 4.79 Å². The topological polar surface area (TPSA) is 55.0 Å². The summed E-state index contributed by atoms with van der Waals surface area (Å²) < 4.78 is 6.80. The van der Waals surface area contributed by atoms with Crippen LogP contribution in [0.25, 0.3) is 0 Å². The van der Waals surface area contributed by atoms with E-state index in [1.165, 1.54) is 0 Å². The molecule has 1 heterocycles. The summed E-state index contributed by atoms with van der Waals surface area (Å²) in [5, 5.41) is 10.6. The molecule has 0 aliphatic carbocycles. The molecular formula is C12H10N2O2S. The van der Waals surface area contributed by atoms with Gasteiger partial charge in [0.1, 0.15) is 5.75 Å². The Morgan fingerprint density at radius 3 is 2.94 bits per heavy atom. The normalized spacial score (nSPS) is 9.88. The summed E-state index contributed by atoms with van der Waals surface area (Å²) in [5.74, 6) is 0.683. The van der Waals surface area contributed by atoms with Crippen LogP contribution in [0.1, 0.15) is 11.1 Å². The van der Waals surface area contributed by atoms with Crippen molar-refractivity contribution in [2.24, 2.45) is 0 Å². The largest absolute Gasteiger partial charge is 0.496 e. The average molecular weight is 246 g/mol. The molecule has 0 aliphatic rings. The Balaban J connectivity index is 2.41. The summed E-state index contributed by atoms with van der Waals surface area (Å²) in [4.78, 5) is 11.4. The Hall–Kier alpha value is -2.06. The predicted octanol–water partition coefficient (Wildman–Crippen LogP) is 1.84. The summed E-state index contributed by atoms with van der Waals surface area (Å²) in [6.45, 7) is 0.418. The molecule has 0 bridgehead atoms. The zero-order valence-corrected chi connectivity index (χ0v) is 10.0. The highest BCUT2D eigenvalue weighted by Gasteiger charge is 2.06.